The highest BCUT2D eigenvalue weighted by Crippen LogP contribution is 2.45. The standard InChI is InChI=1S/C21H27F2NO/c1-13(12-25)8-9-17-14(2)18-10-16(22)11-19(23)21(18)24-20(17)15-6-4-3-5-7-15/h3-6,10-11,13-15,17,20,24-25H,7-9,12H2,1-2H3/t13-,14+,15?,17-,20+/m1/s1. The molecule has 0 fully saturated rings. The van der Waals surface area contributed by atoms with Gasteiger partial charge in [-0.3, -0.25) is 0 Å². The van der Waals surface area contributed by atoms with Crippen molar-refractivity contribution in [2.45, 2.75) is 45.1 Å². The van der Waals surface area contributed by atoms with Gasteiger partial charge in [0.05, 0.1) is 5.69 Å². The molecule has 1 aromatic carbocycles. The summed E-state index contributed by atoms with van der Waals surface area (Å²) in [6, 6.07) is 2.53. The van der Waals surface area contributed by atoms with Crippen LogP contribution in [0.5, 0.6) is 0 Å². The molecule has 2 aliphatic rings. The molecule has 0 amide bonds. The Morgan fingerprint density at radius 2 is 2.08 bits per heavy atom. The van der Waals surface area contributed by atoms with Gasteiger partial charge in [0.1, 0.15) is 11.6 Å². The summed E-state index contributed by atoms with van der Waals surface area (Å²) in [6.07, 6.45) is 11.2. The van der Waals surface area contributed by atoms with Gasteiger partial charge in [0.15, 0.2) is 0 Å². The maximum absolute atomic E-state index is 14.4. The number of hydrogen-bond acceptors (Lipinski definition) is 2. The molecule has 0 saturated heterocycles. The van der Waals surface area contributed by atoms with Crippen LogP contribution in [-0.4, -0.2) is 17.8 Å². The summed E-state index contributed by atoms with van der Waals surface area (Å²) in [6.45, 7) is 4.28. The summed E-state index contributed by atoms with van der Waals surface area (Å²) in [5.74, 6) is -0.170. The van der Waals surface area contributed by atoms with Gasteiger partial charge in [-0.25, -0.2) is 8.78 Å². The summed E-state index contributed by atoms with van der Waals surface area (Å²) in [5.41, 5.74) is 1.18. The molecule has 5 atom stereocenters. The highest BCUT2D eigenvalue weighted by molar-refractivity contribution is 5.58. The van der Waals surface area contributed by atoms with Gasteiger partial charge in [-0.2, -0.15) is 0 Å². The molecule has 25 heavy (non-hydrogen) atoms. The van der Waals surface area contributed by atoms with E-state index in [1.54, 1.807) is 0 Å². The van der Waals surface area contributed by atoms with Crippen LogP contribution in [0.4, 0.5) is 14.5 Å². The highest BCUT2D eigenvalue weighted by Gasteiger charge is 2.38. The first kappa shape index (κ1) is 18.1. The maximum Gasteiger partial charge on any atom is 0.149 e. The third kappa shape index (κ3) is 3.79. The minimum atomic E-state index is -0.522. The first-order valence-corrected chi connectivity index (χ1v) is 9.21. The Labute approximate surface area is 148 Å². The van der Waals surface area contributed by atoms with Gasteiger partial charge in [-0.1, -0.05) is 38.2 Å². The molecular weight excluding hydrogens is 320 g/mol. The van der Waals surface area contributed by atoms with Gasteiger partial charge >= 0.3 is 0 Å². The van der Waals surface area contributed by atoms with E-state index in [9.17, 15) is 13.9 Å². The third-order valence-corrected chi connectivity index (χ3v) is 5.77. The number of fused-ring (bicyclic) bond motifs is 1. The molecule has 4 heteroatoms. The van der Waals surface area contributed by atoms with Crippen molar-refractivity contribution in [1.82, 2.24) is 0 Å². The molecular formula is C21H27F2NO. The number of allylic oxidation sites excluding steroid dienone is 3. The van der Waals surface area contributed by atoms with Crippen LogP contribution in [0.3, 0.4) is 0 Å². The minimum Gasteiger partial charge on any atom is -0.396 e. The summed E-state index contributed by atoms with van der Waals surface area (Å²) >= 11 is 0. The van der Waals surface area contributed by atoms with Crippen molar-refractivity contribution in [3.63, 3.8) is 0 Å². The van der Waals surface area contributed by atoms with E-state index >= 15 is 0 Å². The van der Waals surface area contributed by atoms with E-state index < -0.39 is 11.6 Å². The van der Waals surface area contributed by atoms with Gasteiger partial charge in [0.25, 0.3) is 0 Å². The SMILES string of the molecule is C[C@@H](CO)CC[C@@H]1[C@H](C)c2cc(F)cc(F)c2N[C@H]1C1C=CC=CC1. The Kier molecular flexibility index (Phi) is 5.57. The zero-order valence-electron chi connectivity index (χ0n) is 14.9. The highest BCUT2D eigenvalue weighted by atomic mass is 19.1. The molecule has 0 spiro atoms. The number of aliphatic hydroxyl groups is 1. The van der Waals surface area contributed by atoms with Crippen LogP contribution < -0.4 is 5.32 Å². The van der Waals surface area contributed by atoms with Crippen molar-refractivity contribution in [3.8, 4) is 0 Å². The smallest absolute Gasteiger partial charge is 0.149 e. The van der Waals surface area contributed by atoms with Crippen molar-refractivity contribution >= 4 is 5.69 Å². The van der Waals surface area contributed by atoms with Crippen LogP contribution in [0.2, 0.25) is 0 Å². The largest absolute Gasteiger partial charge is 0.396 e. The molecule has 3 rings (SSSR count). The molecule has 0 saturated carbocycles. The van der Waals surface area contributed by atoms with E-state index in [1.807, 2.05) is 19.1 Å². The Morgan fingerprint density at radius 3 is 2.76 bits per heavy atom. The van der Waals surface area contributed by atoms with Crippen molar-refractivity contribution in [2.75, 3.05) is 11.9 Å². The molecule has 0 bridgehead atoms. The molecule has 2 N–H and O–H groups in total. The van der Waals surface area contributed by atoms with Crippen LogP contribution in [-0.2, 0) is 0 Å². The molecule has 1 aliphatic heterocycles. The Bertz CT molecular complexity index is 670. The Hall–Kier alpha value is -1.68. The second-order valence-electron chi connectivity index (χ2n) is 7.55. The van der Waals surface area contributed by atoms with E-state index in [0.29, 0.717) is 11.6 Å². The molecule has 1 heterocycles. The fourth-order valence-electron chi connectivity index (χ4n) is 4.21. The molecule has 1 aliphatic carbocycles. The second-order valence-corrected chi connectivity index (χ2v) is 7.55. The molecule has 1 aromatic rings. The number of rotatable bonds is 5. The van der Waals surface area contributed by atoms with Gasteiger partial charge in [0.2, 0.25) is 0 Å². The van der Waals surface area contributed by atoms with Crippen molar-refractivity contribution < 1.29 is 13.9 Å². The molecule has 0 radical (unpaired) electrons. The van der Waals surface area contributed by atoms with Crippen molar-refractivity contribution in [2.24, 2.45) is 17.8 Å². The van der Waals surface area contributed by atoms with Gasteiger partial charge < -0.3 is 10.4 Å². The first-order chi connectivity index (χ1) is 12.0. The lowest BCUT2D eigenvalue weighted by atomic mass is 9.70. The summed E-state index contributed by atoms with van der Waals surface area (Å²) in [5, 5.41) is 12.7. The number of aliphatic hydroxyl groups excluding tert-OH is 1. The van der Waals surface area contributed by atoms with E-state index in [0.717, 1.165) is 30.9 Å². The van der Waals surface area contributed by atoms with Crippen molar-refractivity contribution in [1.29, 1.82) is 0 Å². The van der Waals surface area contributed by atoms with E-state index in [-0.39, 0.29) is 30.4 Å². The number of nitrogens with one attached hydrogen (secondary N) is 1. The summed E-state index contributed by atoms with van der Waals surface area (Å²) in [4.78, 5) is 0. The van der Waals surface area contributed by atoms with E-state index in [4.69, 9.17) is 0 Å². The number of anilines is 1. The van der Waals surface area contributed by atoms with Crippen LogP contribution in [0, 0.1) is 29.4 Å². The van der Waals surface area contributed by atoms with Crippen LogP contribution in [0.25, 0.3) is 0 Å². The Balaban J connectivity index is 1.92. The lowest BCUT2D eigenvalue weighted by molar-refractivity contribution is 0.208. The average Bonchev–Trinajstić information content (AvgIpc) is 2.61. The van der Waals surface area contributed by atoms with Crippen LogP contribution in [0.15, 0.2) is 36.4 Å². The van der Waals surface area contributed by atoms with E-state index in [2.05, 4.69) is 24.4 Å². The summed E-state index contributed by atoms with van der Waals surface area (Å²) < 4.78 is 28.1. The number of hydrogen-bond donors (Lipinski definition) is 2. The zero-order chi connectivity index (χ0) is 18.0. The fraction of sp³-hybridized carbons (Fsp3) is 0.524. The lowest BCUT2D eigenvalue weighted by Crippen LogP contribution is -2.42. The van der Waals surface area contributed by atoms with Crippen molar-refractivity contribution in [3.05, 3.63) is 53.6 Å². The van der Waals surface area contributed by atoms with E-state index in [1.165, 1.54) is 6.07 Å². The predicted molar refractivity (Wildman–Crippen MR) is 97.5 cm³/mol. The minimum absolute atomic E-state index is 0.0663. The average molecular weight is 347 g/mol. The Morgan fingerprint density at radius 1 is 1.28 bits per heavy atom. The predicted octanol–water partition coefficient (Wildman–Crippen LogP) is 5.02. The number of halogens is 2. The van der Waals surface area contributed by atoms with Gasteiger partial charge in [-0.15, -0.1) is 0 Å². The first-order valence-electron chi connectivity index (χ1n) is 9.21. The summed E-state index contributed by atoms with van der Waals surface area (Å²) in [7, 11) is 0. The second kappa shape index (κ2) is 7.69. The van der Waals surface area contributed by atoms with Gasteiger partial charge in [0, 0.05) is 24.6 Å². The zero-order valence-corrected chi connectivity index (χ0v) is 14.9. The van der Waals surface area contributed by atoms with Gasteiger partial charge in [-0.05, 0) is 48.6 Å². The fourth-order valence-corrected chi connectivity index (χ4v) is 4.21. The topological polar surface area (TPSA) is 32.3 Å². The molecule has 0 aromatic heterocycles. The molecule has 1 unspecified atom stereocenters. The third-order valence-electron chi connectivity index (χ3n) is 5.77. The lowest BCUT2D eigenvalue weighted by Gasteiger charge is -2.43. The number of benzene rings is 1. The molecule has 136 valence electrons. The normalized spacial score (nSPS) is 29.2. The maximum atomic E-state index is 14.4. The van der Waals surface area contributed by atoms with Crippen LogP contribution in [0.1, 0.15) is 44.6 Å². The van der Waals surface area contributed by atoms with Crippen LogP contribution >= 0.6 is 0 Å². The quantitative estimate of drug-likeness (QED) is 0.784. The monoisotopic (exact) mass is 347 g/mol. The molecule has 2 nitrogen and oxygen atoms in total.